The Bertz CT molecular complexity index is 1110. The van der Waals surface area contributed by atoms with Gasteiger partial charge in [0, 0.05) is 22.4 Å². The highest BCUT2D eigenvalue weighted by atomic mass is 35.5. The van der Waals surface area contributed by atoms with Gasteiger partial charge < -0.3 is 0 Å². The predicted octanol–water partition coefficient (Wildman–Crippen LogP) is 5.29. The Kier molecular flexibility index (Phi) is 8.67. The smallest absolute Gasteiger partial charge is 0.272 e. The average Bonchev–Trinajstić information content (AvgIpc) is 3.21. The van der Waals surface area contributed by atoms with Gasteiger partial charge in [0.2, 0.25) is 0 Å². The van der Waals surface area contributed by atoms with Crippen molar-refractivity contribution in [3.05, 3.63) is 73.8 Å². The molecule has 3 rings (SSSR count). The van der Waals surface area contributed by atoms with Crippen molar-refractivity contribution in [3.8, 4) is 0 Å². The van der Waals surface area contributed by atoms with Crippen molar-refractivity contribution in [3.63, 3.8) is 0 Å². The van der Waals surface area contributed by atoms with Gasteiger partial charge in [0.1, 0.15) is 5.02 Å². The lowest BCUT2D eigenvalue weighted by Gasteiger charge is -1.99. The lowest BCUT2D eigenvalue weighted by molar-refractivity contribution is -0.384. The van der Waals surface area contributed by atoms with Crippen LogP contribution in [0, 0.1) is 10.1 Å². The van der Waals surface area contributed by atoms with E-state index in [1.54, 1.807) is 17.8 Å². The number of hydrazone groups is 1. The van der Waals surface area contributed by atoms with Crippen LogP contribution in [-0.2, 0) is 10.5 Å². The number of nitro benzene ring substituents is 1. The van der Waals surface area contributed by atoms with E-state index in [9.17, 15) is 14.9 Å². The van der Waals surface area contributed by atoms with E-state index < -0.39 is 4.92 Å². The zero-order chi connectivity index (χ0) is 22.2. The molecule has 0 aliphatic heterocycles. The predicted molar refractivity (Wildman–Crippen MR) is 125 cm³/mol. The summed E-state index contributed by atoms with van der Waals surface area (Å²) in [7, 11) is 0. The molecular weight excluding hydrogens is 501 g/mol. The molecule has 3 aromatic rings. The summed E-state index contributed by atoms with van der Waals surface area (Å²) in [6.07, 6.45) is 1.31. The molecular formula is C18H13Cl2N5O3S3. The average molecular weight is 514 g/mol. The quantitative estimate of drug-likeness (QED) is 0.179. The van der Waals surface area contributed by atoms with Crippen molar-refractivity contribution in [2.24, 2.45) is 5.10 Å². The fourth-order valence-corrected chi connectivity index (χ4v) is 5.21. The normalized spacial score (nSPS) is 11.0. The molecule has 1 aromatic heterocycles. The number of thioether (sulfide) groups is 2. The SMILES string of the molecule is O=C(CSc1nnc(SCc2ccc(Cl)cc2)s1)NN=Cc1ccc(Cl)c([N+](=O)[O-])c1. The van der Waals surface area contributed by atoms with Gasteiger partial charge in [-0.05, 0) is 23.8 Å². The summed E-state index contributed by atoms with van der Waals surface area (Å²) >= 11 is 15.8. The molecule has 13 heteroatoms. The molecule has 0 saturated heterocycles. The summed E-state index contributed by atoms with van der Waals surface area (Å²) in [5.41, 5.74) is 3.71. The number of nitro groups is 1. The summed E-state index contributed by atoms with van der Waals surface area (Å²) in [6.45, 7) is 0. The molecule has 0 radical (unpaired) electrons. The summed E-state index contributed by atoms with van der Waals surface area (Å²) in [4.78, 5) is 22.3. The molecule has 0 bridgehead atoms. The maximum atomic E-state index is 11.9. The maximum Gasteiger partial charge on any atom is 0.288 e. The molecule has 0 unspecified atom stereocenters. The van der Waals surface area contributed by atoms with Gasteiger partial charge in [0.25, 0.3) is 11.6 Å². The third-order valence-electron chi connectivity index (χ3n) is 3.56. The minimum atomic E-state index is -0.584. The first-order valence-corrected chi connectivity index (χ1v) is 12.0. The number of halogens is 2. The first-order chi connectivity index (χ1) is 14.9. The molecule has 1 amide bonds. The third-order valence-corrected chi connectivity index (χ3v) is 7.39. The van der Waals surface area contributed by atoms with Gasteiger partial charge >= 0.3 is 0 Å². The molecule has 0 aliphatic rings. The molecule has 0 fully saturated rings. The first kappa shape index (κ1) is 23.5. The van der Waals surface area contributed by atoms with Crippen LogP contribution in [0.15, 0.2) is 56.2 Å². The highest BCUT2D eigenvalue weighted by Crippen LogP contribution is 2.31. The Balaban J connectivity index is 1.43. The van der Waals surface area contributed by atoms with Crippen LogP contribution in [0.1, 0.15) is 11.1 Å². The van der Waals surface area contributed by atoms with Gasteiger partial charge in [-0.15, -0.1) is 10.2 Å². The summed E-state index contributed by atoms with van der Waals surface area (Å²) in [6, 6.07) is 11.8. The first-order valence-electron chi connectivity index (χ1n) is 8.50. The molecule has 1 heterocycles. The number of rotatable bonds is 9. The number of nitrogens with zero attached hydrogens (tertiary/aromatic N) is 4. The fraction of sp³-hybridized carbons (Fsp3) is 0.111. The molecule has 160 valence electrons. The topological polar surface area (TPSA) is 110 Å². The Morgan fingerprint density at radius 1 is 1.16 bits per heavy atom. The van der Waals surface area contributed by atoms with Gasteiger partial charge in [0.05, 0.1) is 16.9 Å². The second-order valence-corrected chi connectivity index (χ2v) is 10.1. The van der Waals surface area contributed by atoms with E-state index in [2.05, 4.69) is 20.7 Å². The van der Waals surface area contributed by atoms with Crippen molar-refractivity contribution >= 4 is 75.9 Å². The fourth-order valence-electron chi connectivity index (χ4n) is 2.13. The number of hydrogen-bond acceptors (Lipinski definition) is 9. The van der Waals surface area contributed by atoms with Crippen molar-refractivity contribution in [1.29, 1.82) is 0 Å². The molecule has 8 nitrogen and oxygen atoms in total. The number of nitrogens with one attached hydrogen (secondary N) is 1. The van der Waals surface area contributed by atoms with Crippen LogP contribution in [0.5, 0.6) is 0 Å². The van der Waals surface area contributed by atoms with E-state index in [1.807, 2.05) is 24.3 Å². The van der Waals surface area contributed by atoms with Crippen molar-refractivity contribution in [2.45, 2.75) is 14.4 Å². The van der Waals surface area contributed by atoms with Crippen LogP contribution in [0.25, 0.3) is 0 Å². The van der Waals surface area contributed by atoms with Crippen molar-refractivity contribution < 1.29 is 9.72 Å². The summed E-state index contributed by atoms with van der Waals surface area (Å²) in [5.74, 6) is 0.513. The van der Waals surface area contributed by atoms with Crippen LogP contribution >= 0.6 is 58.1 Å². The van der Waals surface area contributed by atoms with Gasteiger partial charge in [-0.1, -0.05) is 76.3 Å². The molecule has 0 aliphatic carbocycles. The van der Waals surface area contributed by atoms with E-state index >= 15 is 0 Å². The minimum absolute atomic E-state index is 0.0327. The van der Waals surface area contributed by atoms with Crippen molar-refractivity contribution in [1.82, 2.24) is 15.6 Å². The van der Waals surface area contributed by atoms with E-state index in [0.29, 0.717) is 14.9 Å². The number of carbonyl (C=O) groups excluding carboxylic acids is 1. The van der Waals surface area contributed by atoms with Gasteiger partial charge in [0.15, 0.2) is 8.68 Å². The van der Waals surface area contributed by atoms with Crippen LogP contribution in [0.4, 0.5) is 5.69 Å². The number of hydrogen-bond donors (Lipinski definition) is 1. The van der Waals surface area contributed by atoms with Crippen molar-refractivity contribution in [2.75, 3.05) is 5.75 Å². The molecule has 0 spiro atoms. The zero-order valence-corrected chi connectivity index (χ0v) is 19.5. The van der Waals surface area contributed by atoms with E-state index in [-0.39, 0.29) is 22.4 Å². The van der Waals surface area contributed by atoms with Gasteiger partial charge in [-0.3, -0.25) is 14.9 Å². The Morgan fingerprint density at radius 2 is 1.87 bits per heavy atom. The summed E-state index contributed by atoms with van der Waals surface area (Å²) in [5, 5.41) is 23.6. The number of benzene rings is 2. The number of aromatic nitrogens is 2. The van der Waals surface area contributed by atoms with E-state index in [4.69, 9.17) is 23.2 Å². The maximum absolute atomic E-state index is 11.9. The zero-order valence-electron chi connectivity index (χ0n) is 15.5. The standard InChI is InChI=1S/C18H13Cl2N5O3S3/c19-13-4-1-11(2-5-13)9-29-17-23-24-18(31-17)30-10-16(26)22-21-8-12-3-6-14(20)15(7-12)25(27)28/h1-8H,9-10H2,(H,22,26). The second kappa shape index (κ2) is 11.4. The lowest BCUT2D eigenvalue weighted by Crippen LogP contribution is -2.19. The Morgan fingerprint density at radius 3 is 2.58 bits per heavy atom. The third kappa shape index (κ3) is 7.47. The molecule has 0 saturated carbocycles. The van der Waals surface area contributed by atoms with Crippen LogP contribution in [0.3, 0.4) is 0 Å². The highest BCUT2D eigenvalue weighted by molar-refractivity contribution is 8.03. The Hall–Kier alpha value is -2.18. The van der Waals surface area contributed by atoms with Gasteiger partial charge in [-0.2, -0.15) is 5.10 Å². The number of amides is 1. The highest BCUT2D eigenvalue weighted by Gasteiger charge is 2.12. The minimum Gasteiger partial charge on any atom is -0.272 e. The van der Waals surface area contributed by atoms with Crippen LogP contribution in [-0.4, -0.2) is 33.0 Å². The monoisotopic (exact) mass is 513 g/mol. The molecule has 31 heavy (non-hydrogen) atoms. The molecule has 2 aromatic carbocycles. The van der Waals surface area contributed by atoms with E-state index in [1.165, 1.54) is 41.4 Å². The largest absolute Gasteiger partial charge is 0.288 e. The lowest BCUT2D eigenvalue weighted by atomic mass is 10.2. The molecule has 1 N–H and O–H groups in total. The van der Waals surface area contributed by atoms with E-state index in [0.717, 1.165) is 15.7 Å². The second-order valence-electron chi connectivity index (χ2n) is 5.80. The van der Waals surface area contributed by atoms with Crippen LogP contribution in [0.2, 0.25) is 10.0 Å². The summed E-state index contributed by atoms with van der Waals surface area (Å²) < 4.78 is 1.48. The van der Waals surface area contributed by atoms with Gasteiger partial charge in [-0.25, -0.2) is 5.43 Å². The number of carbonyl (C=O) groups is 1. The molecule has 0 atom stereocenters. The van der Waals surface area contributed by atoms with Crippen LogP contribution < -0.4 is 5.43 Å². The Labute approximate surface area is 199 Å².